The van der Waals surface area contributed by atoms with Crippen molar-refractivity contribution in [1.29, 1.82) is 0 Å². The van der Waals surface area contributed by atoms with Crippen LogP contribution in [0.3, 0.4) is 0 Å². The number of anilines is 1. The minimum atomic E-state index is -0.773. The van der Waals surface area contributed by atoms with Crippen molar-refractivity contribution in [1.82, 2.24) is 15.2 Å². The van der Waals surface area contributed by atoms with Crippen LogP contribution in [0.2, 0.25) is 0 Å². The zero-order chi connectivity index (χ0) is 23.5. The third-order valence-corrected chi connectivity index (χ3v) is 6.43. The number of thioether (sulfide) groups is 1. The predicted octanol–water partition coefficient (Wildman–Crippen LogP) is 5.50. The molecule has 0 radical (unpaired) electrons. The fourth-order valence-electron chi connectivity index (χ4n) is 4.05. The second-order valence-electron chi connectivity index (χ2n) is 8.03. The average molecular weight is 465 g/mol. The van der Waals surface area contributed by atoms with Crippen molar-refractivity contribution in [2.24, 2.45) is 0 Å². The Kier molecular flexibility index (Phi) is 6.83. The van der Waals surface area contributed by atoms with E-state index in [0.29, 0.717) is 22.5 Å². The Bertz CT molecular complexity index is 1180. The van der Waals surface area contributed by atoms with Crippen LogP contribution in [0.1, 0.15) is 49.6 Å². The van der Waals surface area contributed by atoms with E-state index in [1.807, 2.05) is 44.2 Å². The van der Waals surface area contributed by atoms with Gasteiger partial charge in [-0.3, -0.25) is 9.69 Å². The lowest BCUT2D eigenvalue weighted by Crippen LogP contribution is -2.36. The number of unbranched alkanes of at least 4 members (excludes halogenated alkanes) is 1. The Labute approximate surface area is 198 Å². The molecule has 172 valence electrons. The van der Waals surface area contributed by atoms with E-state index in [-0.39, 0.29) is 5.91 Å². The number of hydrogen-bond donors (Lipinski definition) is 0. The van der Waals surface area contributed by atoms with Gasteiger partial charge in [-0.1, -0.05) is 48.9 Å². The quantitative estimate of drug-likeness (QED) is 0.352. The summed E-state index contributed by atoms with van der Waals surface area (Å²) in [6.45, 7) is 7.69. The van der Waals surface area contributed by atoms with Gasteiger partial charge >= 0.3 is 0 Å². The number of rotatable bonds is 6. The van der Waals surface area contributed by atoms with Gasteiger partial charge in [-0.05, 0) is 44.0 Å². The summed E-state index contributed by atoms with van der Waals surface area (Å²) in [5.74, 6) is 1.73. The lowest BCUT2D eigenvalue weighted by molar-refractivity contribution is -0.118. The fraction of sp³-hybridized carbons (Fsp3) is 0.360. The highest BCUT2D eigenvalue weighted by Crippen LogP contribution is 2.46. The van der Waals surface area contributed by atoms with E-state index in [1.54, 1.807) is 23.8 Å². The molecule has 1 unspecified atom stereocenters. The summed E-state index contributed by atoms with van der Waals surface area (Å²) in [6.07, 6.45) is 1.39. The van der Waals surface area contributed by atoms with Crippen LogP contribution >= 0.6 is 11.8 Å². The molecule has 0 fully saturated rings. The number of aromatic nitrogens is 3. The summed E-state index contributed by atoms with van der Waals surface area (Å²) in [5.41, 5.74) is 4.78. The van der Waals surface area contributed by atoms with Crippen LogP contribution in [0, 0.1) is 13.8 Å². The number of aryl methyl sites for hydroxylation is 2. The Morgan fingerprint density at radius 3 is 2.73 bits per heavy atom. The van der Waals surface area contributed by atoms with Crippen LogP contribution in [0.25, 0.3) is 11.3 Å². The zero-order valence-corrected chi connectivity index (χ0v) is 20.4. The van der Waals surface area contributed by atoms with E-state index in [2.05, 4.69) is 23.2 Å². The van der Waals surface area contributed by atoms with Crippen LogP contribution in [0.15, 0.2) is 41.6 Å². The van der Waals surface area contributed by atoms with E-state index < -0.39 is 6.23 Å². The van der Waals surface area contributed by atoms with E-state index in [1.165, 1.54) is 6.92 Å². The molecular weight excluding hydrogens is 436 g/mol. The van der Waals surface area contributed by atoms with Crippen molar-refractivity contribution in [3.05, 3.63) is 53.1 Å². The summed E-state index contributed by atoms with van der Waals surface area (Å²) in [5, 5.41) is 9.44. The number of carbonyl (C=O) groups is 1. The molecule has 1 aromatic heterocycles. The second kappa shape index (κ2) is 9.79. The number of amides is 1. The monoisotopic (exact) mass is 464 g/mol. The number of nitrogens with zero attached hydrogens (tertiary/aromatic N) is 4. The zero-order valence-electron chi connectivity index (χ0n) is 19.6. The molecule has 2 aromatic carbocycles. The number of ether oxygens (including phenoxy) is 2. The van der Waals surface area contributed by atoms with Crippen molar-refractivity contribution in [3.63, 3.8) is 0 Å². The van der Waals surface area contributed by atoms with Gasteiger partial charge in [0.1, 0.15) is 5.75 Å². The Balaban J connectivity index is 1.95. The maximum absolute atomic E-state index is 13.1. The summed E-state index contributed by atoms with van der Waals surface area (Å²) < 4.78 is 12.1. The molecule has 0 aliphatic carbocycles. The van der Waals surface area contributed by atoms with Crippen molar-refractivity contribution in [3.8, 4) is 22.9 Å². The molecule has 1 aliphatic rings. The second-order valence-corrected chi connectivity index (χ2v) is 9.09. The first-order valence-electron chi connectivity index (χ1n) is 11.0. The third-order valence-electron chi connectivity index (χ3n) is 5.51. The molecule has 0 spiro atoms. The van der Waals surface area contributed by atoms with Crippen LogP contribution < -0.4 is 14.4 Å². The van der Waals surface area contributed by atoms with Gasteiger partial charge in [0.2, 0.25) is 23.2 Å². The molecule has 0 saturated heterocycles. The molecule has 1 atom stereocenters. The number of methoxy groups -OCH3 is 1. The maximum atomic E-state index is 13.1. The molecule has 2 heterocycles. The standard InChI is InChI=1S/C25H28N4O3S/c1-6-7-12-33-25-26-23-21(27-28-25)19-14-15(2)13-16(3)22(19)29(17(4)30)24(32-23)18-10-8-9-11-20(18)31-5/h8-11,13-14,24H,6-7,12H2,1-5H3. The van der Waals surface area contributed by atoms with Crippen molar-refractivity contribution < 1.29 is 14.3 Å². The van der Waals surface area contributed by atoms with Crippen LogP contribution in [-0.4, -0.2) is 34.0 Å². The first-order valence-corrected chi connectivity index (χ1v) is 12.0. The van der Waals surface area contributed by atoms with Crippen molar-refractivity contribution >= 4 is 23.4 Å². The lowest BCUT2D eigenvalue weighted by Gasteiger charge is -2.31. The largest absolute Gasteiger partial charge is 0.496 e. The van der Waals surface area contributed by atoms with E-state index in [9.17, 15) is 4.79 Å². The normalized spacial score (nSPS) is 14.7. The predicted molar refractivity (Wildman–Crippen MR) is 130 cm³/mol. The number of benzene rings is 2. The first kappa shape index (κ1) is 23.0. The highest BCUT2D eigenvalue weighted by molar-refractivity contribution is 7.99. The van der Waals surface area contributed by atoms with Gasteiger partial charge in [-0.15, -0.1) is 10.2 Å². The molecule has 4 rings (SSSR count). The van der Waals surface area contributed by atoms with Crippen molar-refractivity contribution in [2.45, 2.75) is 51.9 Å². The molecule has 1 amide bonds. The smallest absolute Gasteiger partial charge is 0.247 e. The molecule has 3 aromatic rings. The molecule has 33 heavy (non-hydrogen) atoms. The van der Waals surface area contributed by atoms with Crippen LogP contribution in [0.5, 0.6) is 11.6 Å². The molecule has 0 bridgehead atoms. The number of hydrogen-bond acceptors (Lipinski definition) is 7. The molecule has 7 nitrogen and oxygen atoms in total. The molecule has 1 aliphatic heterocycles. The van der Waals surface area contributed by atoms with E-state index in [4.69, 9.17) is 14.5 Å². The van der Waals surface area contributed by atoms with Crippen molar-refractivity contribution in [2.75, 3.05) is 17.8 Å². The summed E-state index contributed by atoms with van der Waals surface area (Å²) >= 11 is 1.55. The number of para-hydroxylation sites is 1. The van der Waals surface area contributed by atoms with Gasteiger partial charge in [0.15, 0.2) is 5.69 Å². The van der Waals surface area contributed by atoms with Crippen LogP contribution in [0.4, 0.5) is 5.69 Å². The topological polar surface area (TPSA) is 77.4 Å². The summed E-state index contributed by atoms with van der Waals surface area (Å²) in [7, 11) is 1.61. The van der Waals surface area contributed by atoms with Crippen LogP contribution in [-0.2, 0) is 4.79 Å². The maximum Gasteiger partial charge on any atom is 0.247 e. The molecule has 0 saturated carbocycles. The lowest BCUT2D eigenvalue weighted by atomic mass is 10.00. The van der Waals surface area contributed by atoms with Gasteiger partial charge in [0.05, 0.1) is 18.4 Å². The summed E-state index contributed by atoms with van der Waals surface area (Å²) in [4.78, 5) is 19.5. The first-order chi connectivity index (χ1) is 15.9. The van der Waals surface area contributed by atoms with Gasteiger partial charge in [0.25, 0.3) is 0 Å². The van der Waals surface area contributed by atoms with Gasteiger partial charge in [-0.25, -0.2) is 0 Å². The molecular formula is C25H28N4O3S. The number of carbonyl (C=O) groups excluding carboxylic acids is 1. The van der Waals surface area contributed by atoms with Gasteiger partial charge < -0.3 is 9.47 Å². The highest BCUT2D eigenvalue weighted by atomic mass is 32.2. The Morgan fingerprint density at radius 2 is 2.00 bits per heavy atom. The summed E-state index contributed by atoms with van der Waals surface area (Å²) in [6, 6.07) is 11.6. The third kappa shape index (κ3) is 4.53. The van der Waals surface area contributed by atoms with Gasteiger partial charge in [-0.2, -0.15) is 4.98 Å². The molecule has 8 heteroatoms. The van der Waals surface area contributed by atoms with E-state index in [0.717, 1.165) is 46.5 Å². The fourth-order valence-corrected chi connectivity index (χ4v) is 4.91. The number of fused-ring (bicyclic) bond motifs is 3. The minimum absolute atomic E-state index is 0.155. The SMILES string of the molecule is CCCCSc1nnc2c(n1)OC(c1ccccc1OC)N(C(C)=O)c1c(C)cc(C)cc1-2. The average Bonchev–Trinajstić information content (AvgIpc) is 2.94. The minimum Gasteiger partial charge on any atom is -0.496 e. The highest BCUT2D eigenvalue weighted by Gasteiger charge is 2.37. The Morgan fingerprint density at radius 1 is 1.21 bits per heavy atom. The Hall–Kier alpha value is -3.13. The molecule has 0 N–H and O–H groups in total. The van der Waals surface area contributed by atoms with Gasteiger partial charge in [0, 0.05) is 18.2 Å². The van der Waals surface area contributed by atoms with E-state index >= 15 is 0 Å².